The highest BCUT2D eigenvalue weighted by Crippen LogP contribution is 2.12. The standard InChI is InChI=1S/C21H19N3O3/c25-20(22-18-12-6-2-7-13-18)24(27-16-17-10-4-1-5-11-17)21(26)23-19-14-8-3-9-15-19/h1-15H,16H2,(H,22,25)(H,23,26). The summed E-state index contributed by atoms with van der Waals surface area (Å²) in [7, 11) is 0. The molecule has 0 heterocycles. The van der Waals surface area contributed by atoms with Crippen molar-refractivity contribution in [2.45, 2.75) is 6.61 Å². The van der Waals surface area contributed by atoms with E-state index in [1.807, 2.05) is 42.5 Å². The number of benzene rings is 3. The maximum absolute atomic E-state index is 12.6. The van der Waals surface area contributed by atoms with Crippen LogP contribution in [0, 0.1) is 0 Å². The van der Waals surface area contributed by atoms with Gasteiger partial charge in [-0.15, -0.1) is 5.06 Å². The summed E-state index contributed by atoms with van der Waals surface area (Å²) in [4.78, 5) is 30.7. The fraction of sp³-hybridized carbons (Fsp3) is 0.0476. The van der Waals surface area contributed by atoms with Crippen LogP contribution in [0.2, 0.25) is 0 Å². The smallest absolute Gasteiger partial charge is 0.306 e. The monoisotopic (exact) mass is 361 g/mol. The average Bonchev–Trinajstić information content (AvgIpc) is 2.70. The lowest BCUT2D eigenvalue weighted by Crippen LogP contribution is -2.42. The molecule has 0 radical (unpaired) electrons. The summed E-state index contributed by atoms with van der Waals surface area (Å²) in [5.74, 6) is 0. The summed E-state index contributed by atoms with van der Waals surface area (Å²) in [6, 6.07) is 25.6. The number of hydrogen-bond donors (Lipinski definition) is 2. The molecule has 0 atom stereocenters. The third kappa shape index (κ3) is 5.42. The zero-order valence-electron chi connectivity index (χ0n) is 14.5. The Kier molecular flexibility index (Phi) is 6.17. The second-order valence-electron chi connectivity index (χ2n) is 5.65. The number of hydrogen-bond acceptors (Lipinski definition) is 3. The molecule has 0 spiro atoms. The van der Waals surface area contributed by atoms with Crippen LogP contribution in [0.4, 0.5) is 21.0 Å². The van der Waals surface area contributed by atoms with E-state index >= 15 is 0 Å². The van der Waals surface area contributed by atoms with E-state index < -0.39 is 12.1 Å². The van der Waals surface area contributed by atoms with Gasteiger partial charge < -0.3 is 10.6 Å². The van der Waals surface area contributed by atoms with Crippen LogP contribution in [0.5, 0.6) is 0 Å². The van der Waals surface area contributed by atoms with Gasteiger partial charge in [-0.05, 0) is 29.8 Å². The predicted molar refractivity (Wildman–Crippen MR) is 104 cm³/mol. The SMILES string of the molecule is O=C(Nc1ccccc1)N(OCc1ccccc1)C(=O)Nc1ccccc1. The first-order valence-electron chi connectivity index (χ1n) is 8.41. The summed E-state index contributed by atoms with van der Waals surface area (Å²) >= 11 is 0. The molecule has 3 aromatic rings. The first-order valence-corrected chi connectivity index (χ1v) is 8.41. The molecule has 6 heteroatoms. The molecule has 3 rings (SSSR count). The molecule has 4 amide bonds. The fourth-order valence-corrected chi connectivity index (χ4v) is 2.31. The van der Waals surface area contributed by atoms with Crippen LogP contribution in [-0.4, -0.2) is 17.1 Å². The molecule has 0 aromatic heterocycles. The molecule has 0 aliphatic carbocycles. The van der Waals surface area contributed by atoms with E-state index in [1.165, 1.54) is 0 Å². The lowest BCUT2D eigenvalue weighted by molar-refractivity contribution is -0.0827. The predicted octanol–water partition coefficient (Wildman–Crippen LogP) is 4.88. The van der Waals surface area contributed by atoms with Gasteiger partial charge in [0.2, 0.25) is 0 Å². The molecule has 136 valence electrons. The van der Waals surface area contributed by atoms with Crippen molar-refractivity contribution in [2.24, 2.45) is 0 Å². The Morgan fingerprint density at radius 3 is 1.52 bits per heavy atom. The highest BCUT2D eigenvalue weighted by Gasteiger charge is 2.23. The molecular formula is C21H19N3O3. The van der Waals surface area contributed by atoms with Crippen LogP contribution in [0.15, 0.2) is 91.0 Å². The normalized spacial score (nSPS) is 10.1. The number of imide groups is 1. The minimum atomic E-state index is -0.689. The summed E-state index contributed by atoms with van der Waals surface area (Å²) in [5.41, 5.74) is 1.95. The lowest BCUT2D eigenvalue weighted by Gasteiger charge is -2.21. The molecule has 0 saturated heterocycles. The summed E-state index contributed by atoms with van der Waals surface area (Å²) in [6.45, 7) is 0.0747. The largest absolute Gasteiger partial charge is 0.354 e. The highest BCUT2D eigenvalue weighted by atomic mass is 16.7. The van der Waals surface area contributed by atoms with Crippen molar-refractivity contribution < 1.29 is 14.4 Å². The molecule has 0 aliphatic rings. The van der Waals surface area contributed by atoms with Crippen molar-refractivity contribution in [2.75, 3.05) is 10.6 Å². The van der Waals surface area contributed by atoms with Crippen molar-refractivity contribution in [3.05, 3.63) is 96.6 Å². The molecule has 0 saturated carbocycles. The van der Waals surface area contributed by atoms with Crippen molar-refractivity contribution in [3.8, 4) is 0 Å². The number of para-hydroxylation sites is 2. The Morgan fingerprint density at radius 1 is 0.667 bits per heavy atom. The average molecular weight is 361 g/mol. The zero-order chi connectivity index (χ0) is 18.9. The van der Waals surface area contributed by atoms with E-state index in [9.17, 15) is 9.59 Å². The molecule has 6 nitrogen and oxygen atoms in total. The topological polar surface area (TPSA) is 70.7 Å². The second-order valence-corrected chi connectivity index (χ2v) is 5.65. The highest BCUT2D eigenvalue weighted by molar-refractivity contribution is 6.04. The maximum atomic E-state index is 12.6. The van der Waals surface area contributed by atoms with Gasteiger partial charge in [0.1, 0.15) is 6.61 Å². The first-order chi connectivity index (χ1) is 13.2. The van der Waals surface area contributed by atoms with Gasteiger partial charge in [0.15, 0.2) is 0 Å². The Balaban J connectivity index is 1.72. The third-order valence-corrected chi connectivity index (χ3v) is 3.62. The third-order valence-electron chi connectivity index (χ3n) is 3.62. The number of nitrogens with zero attached hydrogens (tertiary/aromatic N) is 1. The number of anilines is 2. The summed E-state index contributed by atoms with van der Waals surface area (Å²) in [6.07, 6.45) is 0. The molecule has 0 unspecified atom stereocenters. The number of carbonyl (C=O) groups is 2. The van der Waals surface area contributed by atoms with Crippen LogP contribution in [0.25, 0.3) is 0 Å². The van der Waals surface area contributed by atoms with E-state index in [4.69, 9.17) is 4.84 Å². The van der Waals surface area contributed by atoms with Crippen LogP contribution in [0.3, 0.4) is 0 Å². The van der Waals surface area contributed by atoms with Gasteiger partial charge >= 0.3 is 12.1 Å². The Hall–Kier alpha value is -3.64. The van der Waals surface area contributed by atoms with Gasteiger partial charge in [0, 0.05) is 11.4 Å². The lowest BCUT2D eigenvalue weighted by atomic mass is 10.2. The number of carbonyl (C=O) groups excluding carboxylic acids is 2. The van der Waals surface area contributed by atoms with E-state index in [0.29, 0.717) is 16.4 Å². The summed E-state index contributed by atoms with van der Waals surface area (Å²) in [5, 5.41) is 5.98. The zero-order valence-corrected chi connectivity index (χ0v) is 14.5. The van der Waals surface area contributed by atoms with E-state index in [0.717, 1.165) is 5.56 Å². The summed E-state index contributed by atoms with van der Waals surface area (Å²) < 4.78 is 0. The van der Waals surface area contributed by atoms with Crippen molar-refractivity contribution in [1.82, 2.24) is 5.06 Å². The maximum Gasteiger partial charge on any atom is 0.354 e. The molecular weight excluding hydrogens is 342 g/mol. The van der Waals surface area contributed by atoms with Gasteiger partial charge in [0.25, 0.3) is 0 Å². The molecule has 27 heavy (non-hydrogen) atoms. The van der Waals surface area contributed by atoms with Gasteiger partial charge in [-0.25, -0.2) is 9.59 Å². The number of hydroxylamine groups is 2. The quantitative estimate of drug-likeness (QED) is 0.636. The molecule has 0 fully saturated rings. The van der Waals surface area contributed by atoms with Crippen LogP contribution in [-0.2, 0) is 11.4 Å². The Bertz CT molecular complexity index is 817. The van der Waals surface area contributed by atoms with E-state index in [-0.39, 0.29) is 6.61 Å². The van der Waals surface area contributed by atoms with Crippen LogP contribution in [0.1, 0.15) is 5.56 Å². The Morgan fingerprint density at radius 2 is 1.07 bits per heavy atom. The van der Waals surface area contributed by atoms with Crippen molar-refractivity contribution in [1.29, 1.82) is 0 Å². The van der Waals surface area contributed by atoms with Gasteiger partial charge in [-0.2, -0.15) is 0 Å². The second kappa shape index (κ2) is 9.17. The number of urea groups is 2. The van der Waals surface area contributed by atoms with Gasteiger partial charge in [0.05, 0.1) is 0 Å². The van der Waals surface area contributed by atoms with Crippen LogP contribution >= 0.6 is 0 Å². The number of rotatable bonds is 5. The van der Waals surface area contributed by atoms with E-state index in [2.05, 4.69) is 10.6 Å². The molecule has 2 N–H and O–H groups in total. The molecule has 3 aromatic carbocycles. The Labute approximate surface area is 157 Å². The number of amides is 4. The minimum Gasteiger partial charge on any atom is -0.306 e. The minimum absolute atomic E-state index is 0.0747. The molecule has 0 bridgehead atoms. The first kappa shape index (κ1) is 18.2. The van der Waals surface area contributed by atoms with Crippen molar-refractivity contribution in [3.63, 3.8) is 0 Å². The van der Waals surface area contributed by atoms with Crippen molar-refractivity contribution >= 4 is 23.4 Å². The number of nitrogens with one attached hydrogen (secondary N) is 2. The van der Waals surface area contributed by atoms with Gasteiger partial charge in [-0.1, -0.05) is 66.7 Å². The van der Waals surface area contributed by atoms with Crippen LogP contribution < -0.4 is 10.6 Å². The van der Waals surface area contributed by atoms with E-state index in [1.54, 1.807) is 48.5 Å². The fourth-order valence-electron chi connectivity index (χ4n) is 2.31. The van der Waals surface area contributed by atoms with Gasteiger partial charge in [-0.3, -0.25) is 4.84 Å². The molecule has 0 aliphatic heterocycles.